The van der Waals surface area contributed by atoms with E-state index in [1.165, 1.54) is 0 Å². The summed E-state index contributed by atoms with van der Waals surface area (Å²) in [7, 11) is 0. The minimum Gasteiger partial charge on any atom is -0.387 e. The van der Waals surface area contributed by atoms with Gasteiger partial charge in [-0.3, -0.25) is 4.79 Å². The molecule has 51 valence electrons. The first kappa shape index (κ1) is 6.55. The van der Waals surface area contributed by atoms with Crippen LogP contribution in [0.2, 0.25) is 0 Å². The van der Waals surface area contributed by atoms with Gasteiger partial charge in [0.1, 0.15) is 6.61 Å². The molecule has 1 fully saturated rings. The van der Waals surface area contributed by atoms with Crippen LogP contribution < -0.4 is 0 Å². The Hall–Kier alpha value is -0.570. The molecule has 3 nitrogen and oxygen atoms in total. The standard InChI is InChI=1S/C6H10NO2/c8-5-6(9)7-3-1-2-4-7/h3,8H,1-2,4-5H2. The molecule has 0 unspecified atom stereocenters. The van der Waals surface area contributed by atoms with E-state index in [0.29, 0.717) is 0 Å². The van der Waals surface area contributed by atoms with Gasteiger partial charge in [-0.15, -0.1) is 0 Å². The largest absolute Gasteiger partial charge is 0.387 e. The molecule has 1 aliphatic heterocycles. The Morgan fingerprint density at radius 3 is 3.00 bits per heavy atom. The molecule has 1 rings (SSSR count). The van der Waals surface area contributed by atoms with Crippen molar-refractivity contribution in [1.82, 2.24) is 4.90 Å². The lowest BCUT2D eigenvalue weighted by Gasteiger charge is -2.11. The summed E-state index contributed by atoms with van der Waals surface area (Å²) >= 11 is 0. The van der Waals surface area contributed by atoms with E-state index in [4.69, 9.17) is 5.11 Å². The van der Waals surface area contributed by atoms with Crippen molar-refractivity contribution < 1.29 is 9.90 Å². The first-order valence-electron chi connectivity index (χ1n) is 3.08. The zero-order chi connectivity index (χ0) is 6.69. The topological polar surface area (TPSA) is 40.5 Å². The highest BCUT2D eigenvalue weighted by Crippen LogP contribution is 2.11. The Kier molecular flexibility index (Phi) is 2.05. The van der Waals surface area contributed by atoms with Crippen molar-refractivity contribution >= 4 is 5.91 Å². The third-order valence-corrected chi connectivity index (χ3v) is 1.41. The molecule has 1 N–H and O–H groups in total. The predicted octanol–water partition coefficient (Wildman–Crippen LogP) is -0.237. The van der Waals surface area contributed by atoms with Crippen LogP contribution in [0.25, 0.3) is 0 Å². The molecule has 1 heterocycles. The molecule has 0 atom stereocenters. The van der Waals surface area contributed by atoms with Crippen molar-refractivity contribution in [3.05, 3.63) is 6.54 Å². The first-order valence-corrected chi connectivity index (χ1v) is 3.08. The first-order chi connectivity index (χ1) is 4.34. The number of aliphatic hydroxyl groups excluding tert-OH is 1. The number of carbonyl (C=O) groups is 1. The molecule has 0 aromatic carbocycles. The maximum atomic E-state index is 10.7. The number of carbonyl (C=O) groups excluding carboxylic acids is 1. The van der Waals surface area contributed by atoms with Gasteiger partial charge in [0.25, 0.3) is 0 Å². The predicted molar refractivity (Wildman–Crippen MR) is 32.3 cm³/mol. The summed E-state index contributed by atoms with van der Waals surface area (Å²) in [6, 6.07) is 0. The maximum Gasteiger partial charge on any atom is 0.248 e. The molecule has 0 aromatic heterocycles. The Morgan fingerprint density at radius 2 is 2.56 bits per heavy atom. The highest BCUT2D eigenvalue weighted by molar-refractivity contribution is 5.78. The second-order valence-corrected chi connectivity index (χ2v) is 2.07. The molecule has 0 aliphatic carbocycles. The van der Waals surface area contributed by atoms with Crippen molar-refractivity contribution in [3.8, 4) is 0 Å². The molecule has 1 amide bonds. The van der Waals surface area contributed by atoms with Crippen LogP contribution >= 0.6 is 0 Å². The molecule has 0 saturated carbocycles. The van der Waals surface area contributed by atoms with Gasteiger partial charge in [-0.05, 0) is 12.8 Å². The van der Waals surface area contributed by atoms with Gasteiger partial charge in [0.05, 0.1) is 6.54 Å². The Morgan fingerprint density at radius 1 is 1.78 bits per heavy atom. The molecule has 3 heteroatoms. The Balaban J connectivity index is 2.32. The van der Waals surface area contributed by atoms with E-state index in [0.717, 1.165) is 19.4 Å². The molecule has 1 radical (unpaired) electrons. The van der Waals surface area contributed by atoms with E-state index in [-0.39, 0.29) is 12.5 Å². The van der Waals surface area contributed by atoms with E-state index >= 15 is 0 Å². The van der Waals surface area contributed by atoms with Gasteiger partial charge in [0.15, 0.2) is 0 Å². The Labute approximate surface area is 54.3 Å². The maximum absolute atomic E-state index is 10.7. The molecular formula is C6H10NO2. The zero-order valence-electron chi connectivity index (χ0n) is 5.21. The molecule has 1 saturated heterocycles. The van der Waals surface area contributed by atoms with Crippen molar-refractivity contribution in [3.63, 3.8) is 0 Å². The van der Waals surface area contributed by atoms with Gasteiger partial charge >= 0.3 is 0 Å². The second-order valence-electron chi connectivity index (χ2n) is 2.07. The summed E-state index contributed by atoms with van der Waals surface area (Å²) in [5, 5.41) is 8.38. The van der Waals surface area contributed by atoms with Crippen molar-refractivity contribution in [2.24, 2.45) is 0 Å². The molecule has 0 aromatic rings. The summed E-state index contributed by atoms with van der Waals surface area (Å²) in [5.41, 5.74) is 0. The van der Waals surface area contributed by atoms with E-state index in [1.807, 2.05) is 6.54 Å². The van der Waals surface area contributed by atoms with Crippen LogP contribution in [0, 0.1) is 6.54 Å². The van der Waals surface area contributed by atoms with E-state index < -0.39 is 0 Å². The highest BCUT2D eigenvalue weighted by atomic mass is 16.3. The Bertz CT molecular complexity index is 108. The van der Waals surface area contributed by atoms with E-state index in [1.54, 1.807) is 4.90 Å². The van der Waals surface area contributed by atoms with Gasteiger partial charge in [-0.2, -0.15) is 0 Å². The summed E-state index contributed by atoms with van der Waals surface area (Å²) in [4.78, 5) is 12.2. The number of hydrogen-bond donors (Lipinski definition) is 1. The normalized spacial score (nSPS) is 18.6. The lowest BCUT2D eigenvalue weighted by molar-refractivity contribution is -0.131. The van der Waals surface area contributed by atoms with Crippen molar-refractivity contribution in [2.75, 3.05) is 13.2 Å². The van der Waals surface area contributed by atoms with Crippen LogP contribution in [0.4, 0.5) is 0 Å². The fourth-order valence-electron chi connectivity index (χ4n) is 0.917. The average molecular weight is 128 g/mol. The van der Waals surface area contributed by atoms with Crippen LogP contribution in [0.1, 0.15) is 12.8 Å². The summed E-state index contributed by atoms with van der Waals surface area (Å²) in [6.45, 7) is 2.24. The average Bonchev–Trinajstić information content (AvgIpc) is 2.37. The summed E-state index contributed by atoms with van der Waals surface area (Å²) < 4.78 is 0. The number of rotatable bonds is 1. The molecular weight excluding hydrogens is 118 g/mol. The fourth-order valence-corrected chi connectivity index (χ4v) is 0.917. The number of amides is 1. The van der Waals surface area contributed by atoms with Crippen LogP contribution in [-0.4, -0.2) is 29.1 Å². The van der Waals surface area contributed by atoms with Gasteiger partial charge < -0.3 is 10.0 Å². The minimum absolute atomic E-state index is 0.187. The van der Waals surface area contributed by atoms with Crippen molar-refractivity contribution in [1.29, 1.82) is 0 Å². The second kappa shape index (κ2) is 2.82. The molecule has 9 heavy (non-hydrogen) atoms. The van der Waals surface area contributed by atoms with Gasteiger partial charge in [-0.25, -0.2) is 0 Å². The van der Waals surface area contributed by atoms with Crippen LogP contribution in [0.5, 0.6) is 0 Å². The lowest BCUT2D eigenvalue weighted by atomic mass is 10.4. The zero-order valence-corrected chi connectivity index (χ0v) is 5.21. The fraction of sp³-hybridized carbons (Fsp3) is 0.667. The number of aliphatic hydroxyl groups is 1. The number of nitrogens with zero attached hydrogens (tertiary/aromatic N) is 1. The molecule has 1 aliphatic rings. The third kappa shape index (κ3) is 1.42. The SMILES string of the molecule is O=C(CO)N1[CH]CCC1. The van der Waals surface area contributed by atoms with Crippen LogP contribution in [0.15, 0.2) is 0 Å². The monoisotopic (exact) mass is 128 g/mol. The van der Waals surface area contributed by atoms with Crippen molar-refractivity contribution in [2.45, 2.75) is 12.8 Å². The van der Waals surface area contributed by atoms with Crippen LogP contribution in [0.3, 0.4) is 0 Å². The van der Waals surface area contributed by atoms with Gasteiger partial charge in [-0.1, -0.05) is 0 Å². The lowest BCUT2D eigenvalue weighted by Crippen LogP contribution is -2.27. The smallest absolute Gasteiger partial charge is 0.248 e. The van der Waals surface area contributed by atoms with E-state index in [2.05, 4.69) is 0 Å². The minimum atomic E-state index is -0.365. The summed E-state index contributed by atoms with van der Waals surface area (Å²) in [6.07, 6.45) is 2.00. The van der Waals surface area contributed by atoms with Gasteiger partial charge in [0.2, 0.25) is 5.91 Å². The van der Waals surface area contributed by atoms with Crippen LogP contribution in [-0.2, 0) is 4.79 Å². The molecule has 0 spiro atoms. The number of likely N-dealkylation sites (tertiary alicyclic amines) is 1. The number of hydrogen-bond acceptors (Lipinski definition) is 2. The third-order valence-electron chi connectivity index (χ3n) is 1.41. The van der Waals surface area contributed by atoms with E-state index in [9.17, 15) is 4.79 Å². The highest BCUT2D eigenvalue weighted by Gasteiger charge is 2.16. The van der Waals surface area contributed by atoms with Gasteiger partial charge in [0, 0.05) is 6.54 Å². The molecule has 0 bridgehead atoms. The summed E-state index contributed by atoms with van der Waals surface area (Å²) in [5.74, 6) is -0.187. The quantitative estimate of drug-likeness (QED) is 0.529.